The summed E-state index contributed by atoms with van der Waals surface area (Å²) in [4.78, 5) is 36.3. The molecule has 8 nitrogen and oxygen atoms in total. The molecule has 1 aliphatic rings. The van der Waals surface area contributed by atoms with Crippen molar-refractivity contribution >= 4 is 29.2 Å². The van der Waals surface area contributed by atoms with Crippen molar-refractivity contribution in [2.24, 2.45) is 5.92 Å². The van der Waals surface area contributed by atoms with E-state index in [1.54, 1.807) is 18.2 Å². The first-order valence-electron chi connectivity index (χ1n) is 8.59. The smallest absolute Gasteiger partial charge is 0.309 e. The third-order valence-electron chi connectivity index (χ3n) is 4.43. The van der Waals surface area contributed by atoms with Crippen molar-refractivity contribution in [3.63, 3.8) is 0 Å². The van der Waals surface area contributed by atoms with Crippen molar-refractivity contribution in [2.45, 2.75) is 19.8 Å². The standard InChI is InChI=1S/C18H25N3O5/c1-12(22)19-14-4-5-16(25-2)15(10-14)20-17(23)11-21-8-6-13(7-9-21)18(24)26-3/h4-5,10,13H,6-9,11H2,1-3H3,(H,19,22)(H,20,23)/p+1. The van der Waals surface area contributed by atoms with Crippen LogP contribution in [0.25, 0.3) is 0 Å². The molecule has 1 fully saturated rings. The third-order valence-corrected chi connectivity index (χ3v) is 4.43. The molecule has 0 spiro atoms. The number of ether oxygens (including phenoxy) is 2. The van der Waals surface area contributed by atoms with E-state index in [1.165, 1.54) is 21.1 Å². The zero-order chi connectivity index (χ0) is 19.1. The van der Waals surface area contributed by atoms with Crippen molar-refractivity contribution in [3.8, 4) is 5.75 Å². The summed E-state index contributed by atoms with van der Waals surface area (Å²) in [5.41, 5.74) is 1.09. The van der Waals surface area contributed by atoms with E-state index in [2.05, 4.69) is 10.6 Å². The van der Waals surface area contributed by atoms with Gasteiger partial charge in [-0.15, -0.1) is 0 Å². The average Bonchev–Trinajstić information content (AvgIpc) is 2.61. The van der Waals surface area contributed by atoms with Gasteiger partial charge in [0.15, 0.2) is 6.54 Å². The Bertz CT molecular complexity index is 669. The second-order valence-electron chi connectivity index (χ2n) is 6.37. The van der Waals surface area contributed by atoms with E-state index in [1.807, 2.05) is 0 Å². The number of rotatable bonds is 6. The first-order chi connectivity index (χ1) is 12.4. The minimum Gasteiger partial charge on any atom is -0.495 e. The van der Waals surface area contributed by atoms with Crippen molar-refractivity contribution in [3.05, 3.63) is 18.2 Å². The summed E-state index contributed by atoms with van der Waals surface area (Å²) < 4.78 is 10.0. The Hall–Kier alpha value is -2.61. The molecule has 2 amide bonds. The molecular formula is C18H26N3O5+. The molecule has 0 atom stereocenters. The van der Waals surface area contributed by atoms with Gasteiger partial charge in [0.2, 0.25) is 5.91 Å². The molecule has 0 saturated carbocycles. The quantitative estimate of drug-likeness (QED) is 0.620. The molecule has 3 N–H and O–H groups in total. The van der Waals surface area contributed by atoms with Crippen LogP contribution >= 0.6 is 0 Å². The number of esters is 1. The van der Waals surface area contributed by atoms with Crippen LogP contribution in [-0.4, -0.2) is 51.6 Å². The highest BCUT2D eigenvalue weighted by atomic mass is 16.5. The van der Waals surface area contributed by atoms with Gasteiger partial charge >= 0.3 is 5.97 Å². The molecule has 26 heavy (non-hydrogen) atoms. The van der Waals surface area contributed by atoms with Crippen LogP contribution in [0.4, 0.5) is 11.4 Å². The predicted octanol–water partition coefficient (Wildman–Crippen LogP) is 0.0600. The van der Waals surface area contributed by atoms with Crippen LogP contribution in [0.3, 0.4) is 0 Å². The second kappa shape index (κ2) is 9.19. The van der Waals surface area contributed by atoms with Gasteiger partial charge in [-0.1, -0.05) is 0 Å². The molecule has 1 aromatic carbocycles. The largest absolute Gasteiger partial charge is 0.495 e. The molecule has 0 unspecified atom stereocenters. The molecule has 0 bridgehead atoms. The minimum absolute atomic E-state index is 0.0683. The van der Waals surface area contributed by atoms with Crippen LogP contribution in [-0.2, 0) is 19.1 Å². The average molecular weight is 364 g/mol. The van der Waals surface area contributed by atoms with E-state index < -0.39 is 0 Å². The number of anilines is 2. The Morgan fingerprint density at radius 3 is 2.42 bits per heavy atom. The van der Waals surface area contributed by atoms with E-state index in [4.69, 9.17) is 9.47 Å². The number of hydrogen-bond acceptors (Lipinski definition) is 5. The Kier molecular flexibility index (Phi) is 6.97. The summed E-state index contributed by atoms with van der Waals surface area (Å²) in [7, 11) is 2.92. The number of nitrogens with one attached hydrogen (secondary N) is 3. The maximum atomic E-state index is 12.4. The lowest BCUT2D eigenvalue weighted by atomic mass is 9.97. The molecule has 0 aliphatic carbocycles. The normalized spacial score (nSPS) is 19.3. The van der Waals surface area contributed by atoms with E-state index >= 15 is 0 Å². The highest BCUT2D eigenvalue weighted by molar-refractivity contribution is 5.95. The first kappa shape index (κ1) is 19.7. The van der Waals surface area contributed by atoms with Gasteiger partial charge in [0.1, 0.15) is 5.75 Å². The highest BCUT2D eigenvalue weighted by Crippen LogP contribution is 2.27. The minimum atomic E-state index is -0.189. The molecule has 1 saturated heterocycles. The molecule has 0 aromatic heterocycles. The summed E-state index contributed by atoms with van der Waals surface area (Å²) in [6, 6.07) is 5.06. The Labute approximate surface area is 152 Å². The zero-order valence-electron chi connectivity index (χ0n) is 15.4. The molecule has 142 valence electrons. The highest BCUT2D eigenvalue weighted by Gasteiger charge is 2.29. The van der Waals surface area contributed by atoms with Crippen LogP contribution in [0.5, 0.6) is 5.75 Å². The van der Waals surface area contributed by atoms with Crippen molar-refractivity contribution in [1.82, 2.24) is 0 Å². The molecule has 8 heteroatoms. The topological polar surface area (TPSA) is 98.2 Å². The van der Waals surface area contributed by atoms with Gasteiger partial charge in [-0.2, -0.15) is 0 Å². The van der Waals surface area contributed by atoms with E-state index in [-0.39, 0.29) is 23.7 Å². The fourth-order valence-corrected chi connectivity index (χ4v) is 3.11. The number of benzene rings is 1. The number of quaternary nitrogens is 1. The van der Waals surface area contributed by atoms with Gasteiger partial charge in [-0.25, -0.2) is 0 Å². The number of carbonyl (C=O) groups excluding carboxylic acids is 3. The lowest BCUT2D eigenvalue weighted by Gasteiger charge is -2.27. The molecule has 1 aliphatic heterocycles. The van der Waals surface area contributed by atoms with Crippen molar-refractivity contribution in [1.29, 1.82) is 0 Å². The molecule has 0 radical (unpaired) electrons. The lowest BCUT2D eigenvalue weighted by molar-refractivity contribution is -0.897. The summed E-state index contributed by atoms with van der Waals surface area (Å²) in [6.07, 6.45) is 1.44. The van der Waals surface area contributed by atoms with E-state index in [9.17, 15) is 14.4 Å². The van der Waals surface area contributed by atoms with Crippen molar-refractivity contribution in [2.75, 3.05) is 44.5 Å². The monoisotopic (exact) mass is 364 g/mol. The lowest BCUT2D eigenvalue weighted by Crippen LogP contribution is -3.14. The van der Waals surface area contributed by atoms with Gasteiger partial charge < -0.3 is 25.0 Å². The van der Waals surface area contributed by atoms with Crippen LogP contribution in [0, 0.1) is 5.92 Å². The van der Waals surface area contributed by atoms with Crippen LogP contribution in [0.1, 0.15) is 19.8 Å². The molecular weight excluding hydrogens is 338 g/mol. The second-order valence-corrected chi connectivity index (χ2v) is 6.37. The third kappa shape index (κ3) is 5.45. The maximum Gasteiger partial charge on any atom is 0.309 e. The van der Waals surface area contributed by atoms with Crippen LogP contribution < -0.4 is 20.3 Å². The van der Waals surface area contributed by atoms with Gasteiger partial charge in [-0.3, -0.25) is 14.4 Å². The number of amides is 2. The summed E-state index contributed by atoms with van der Waals surface area (Å²) >= 11 is 0. The number of piperidine rings is 1. The molecule has 1 aromatic rings. The Balaban J connectivity index is 1.93. The van der Waals surface area contributed by atoms with Crippen LogP contribution in [0.2, 0.25) is 0 Å². The number of likely N-dealkylation sites (tertiary alicyclic amines) is 1. The fraction of sp³-hybridized carbons (Fsp3) is 0.500. The SMILES string of the molecule is COC(=O)C1CC[NH+](CC(=O)Nc2cc(NC(C)=O)ccc2OC)CC1. The van der Waals surface area contributed by atoms with Gasteiger partial charge in [0.05, 0.1) is 38.9 Å². The van der Waals surface area contributed by atoms with Crippen molar-refractivity contribution < 1.29 is 28.8 Å². The zero-order valence-corrected chi connectivity index (χ0v) is 15.4. The summed E-state index contributed by atoms with van der Waals surface area (Å²) in [5.74, 6) is -0.0544. The number of carbonyl (C=O) groups is 3. The Morgan fingerprint density at radius 1 is 1.15 bits per heavy atom. The van der Waals surface area contributed by atoms with Crippen LogP contribution in [0.15, 0.2) is 18.2 Å². The van der Waals surface area contributed by atoms with E-state index in [0.29, 0.717) is 23.7 Å². The van der Waals surface area contributed by atoms with E-state index in [0.717, 1.165) is 30.8 Å². The summed E-state index contributed by atoms with van der Waals surface area (Å²) in [6.45, 7) is 3.22. The summed E-state index contributed by atoms with van der Waals surface area (Å²) in [5, 5.41) is 5.52. The predicted molar refractivity (Wildman–Crippen MR) is 96.2 cm³/mol. The van der Waals surface area contributed by atoms with Gasteiger partial charge in [0.25, 0.3) is 5.91 Å². The van der Waals surface area contributed by atoms with Gasteiger partial charge in [-0.05, 0) is 18.2 Å². The maximum absolute atomic E-state index is 12.4. The Morgan fingerprint density at radius 2 is 1.85 bits per heavy atom. The fourth-order valence-electron chi connectivity index (χ4n) is 3.11. The molecule has 2 rings (SSSR count). The molecule has 1 heterocycles. The number of methoxy groups -OCH3 is 2. The first-order valence-corrected chi connectivity index (χ1v) is 8.59. The van der Waals surface area contributed by atoms with Gasteiger partial charge in [0, 0.05) is 25.5 Å². The number of hydrogen-bond donors (Lipinski definition) is 3.